The van der Waals surface area contributed by atoms with Crippen LogP contribution in [0.15, 0.2) is 42.5 Å². The first-order valence-electron chi connectivity index (χ1n) is 10.8. The summed E-state index contributed by atoms with van der Waals surface area (Å²) in [5.74, 6) is 0.631. The smallest absolute Gasteiger partial charge is 0.265 e. The summed E-state index contributed by atoms with van der Waals surface area (Å²) in [4.78, 5) is 39.0. The number of anilines is 1. The summed E-state index contributed by atoms with van der Waals surface area (Å²) in [7, 11) is 1.55. The number of rotatable bonds is 9. The Morgan fingerprint density at radius 2 is 2.03 bits per heavy atom. The highest BCUT2D eigenvalue weighted by molar-refractivity contribution is 6.04. The lowest BCUT2D eigenvalue weighted by Crippen LogP contribution is -2.46. The molecule has 2 aromatic rings. The molecule has 4 rings (SSSR count). The fourth-order valence-electron chi connectivity index (χ4n) is 3.70. The Hall–Kier alpha value is -3.59. The maximum Gasteiger partial charge on any atom is 0.265 e. The largest absolute Gasteiger partial charge is 0.497 e. The molecule has 33 heavy (non-hydrogen) atoms. The van der Waals surface area contributed by atoms with Crippen LogP contribution in [0.2, 0.25) is 0 Å². The highest BCUT2D eigenvalue weighted by Crippen LogP contribution is 2.33. The van der Waals surface area contributed by atoms with Gasteiger partial charge in [-0.15, -0.1) is 0 Å². The lowest BCUT2D eigenvalue weighted by molar-refractivity contribution is -0.125. The number of hydrogen-bond acceptors (Lipinski definition) is 7. The van der Waals surface area contributed by atoms with Crippen molar-refractivity contribution in [1.82, 2.24) is 5.32 Å². The summed E-state index contributed by atoms with van der Waals surface area (Å²) in [5, 5.41) is 2.81. The Morgan fingerprint density at radius 3 is 2.82 bits per heavy atom. The van der Waals surface area contributed by atoms with Crippen LogP contribution in [0.1, 0.15) is 23.2 Å². The fraction of sp³-hybridized carbons (Fsp3) is 0.375. The van der Waals surface area contributed by atoms with Crippen molar-refractivity contribution in [3.63, 3.8) is 0 Å². The van der Waals surface area contributed by atoms with Gasteiger partial charge in [-0.3, -0.25) is 19.3 Å². The molecule has 2 heterocycles. The van der Waals surface area contributed by atoms with E-state index in [2.05, 4.69) is 5.32 Å². The van der Waals surface area contributed by atoms with Gasteiger partial charge >= 0.3 is 0 Å². The summed E-state index contributed by atoms with van der Waals surface area (Å²) >= 11 is 0. The quantitative estimate of drug-likeness (QED) is 0.578. The number of methoxy groups -OCH3 is 1. The molecular weight excluding hydrogens is 428 g/mol. The van der Waals surface area contributed by atoms with Crippen molar-refractivity contribution >= 4 is 23.3 Å². The van der Waals surface area contributed by atoms with E-state index in [0.717, 1.165) is 12.8 Å². The third-order valence-corrected chi connectivity index (χ3v) is 5.49. The van der Waals surface area contributed by atoms with Crippen molar-refractivity contribution in [3.05, 3.63) is 48.0 Å². The standard InChI is InChI=1S/C24H26N2O7/c1-30-17-4-2-5-18(11-17)32-14-21(27)16-7-8-22-20(10-16)26(24(29)15-33-22)13-23(28)25-12-19-6-3-9-31-19/h2,4-5,7-8,10-11,19H,3,6,9,12-15H2,1H3,(H,25,28). The minimum atomic E-state index is -0.355. The van der Waals surface area contributed by atoms with Crippen molar-refractivity contribution in [1.29, 1.82) is 0 Å². The topological polar surface area (TPSA) is 103 Å². The molecule has 0 spiro atoms. The molecule has 0 radical (unpaired) electrons. The molecule has 174 valence electrons. The van der Waals surface area contributed by atoms with Gasteiger partial charge in [-0.25, -0.2) is 0 Å². The van der Waals surface area contributed by atoms with E-state index in [4.69, 9.17) is 18.9 Å². The molecule has 1 atom stereocenters. The van der Waals surface area contributed by atoms with Gasteiger partial charge in [-0.05, 0) is 43.2 Å². The Morgan fingerprint density at radius 1 is 1.18 bits per heavy atom. The first kappa shape index (κ1) is 22.6. The van der Waals surface area contributed by atoms with E-state index in [1.165, 1.54) is 4.90 Å². The van der Waals surface area contributed by atoms with E-state index >= 15 is 0 Å². The van der Waals surface area contributed by atoms with E-state index in [1.807, 2.05) is 0 Å². The van der Waals surface area contributed by atoms with Crippen molar-refractivity contribution in [2.24, 2.45) is 0 Å². The molecule has 0 bridgehead atoms. The molecular formula is C24H26N2O7. The normalized spacial score (nSPS) is 17.2. The van der Waals surface area contributed by atoms with E-state index in [-0.39, 0.29) is 43.5 Å². The maximum atomic E-state index is 12.7. The molecule has 2 aliphatic heterocycles. The molecule has 2 aliphatic rings. The summed E-state index contributed by atoms with van der Waals surface area (Å²) in [6.45, 7) is 0.583. The monoisotopic (exact) mass is 454 g/mol. The van der Waals surface area contributed by atoms with Crippen molar-refractivity contribution < 1.29 is 33.3 Å². The number of amides is 2. The lowest BCUT2D eigenvalue weighted by atomic mass is 10.1. The Balaban J connectivity index is 1.42. The molecule has 1 unspecified atom stereocenters. The number of nitrogens with zero attached hydrogens (tertiary/aromatic N) is 1. The molecule has 9 heteroatoms. The van der Waals surface area contributed by atoms with Crippen molar-refractivity contribution in [2.45, 2.75) is 18.9 Å². The van der Waals surface area contributed by atoms with E-state index < -0.39 is 0 Å². The van der Waals surface area contributed by atoms with Crippen molar-refractivity contribution in [3.8, 4) is 17.2 Å². The Labute approximate surface area is 191 Å². The summed E-state index contributed by atoms with van der Waals surface area (Å²) < 4.78 is 21.7. The number of Topliss-reactive ketones (excluding diaryl/α,β-unsaturated/α-hetero) is 1. The van der Waals surface area contributed by atoms with Crippen LogP contribution in [0.25, 0.3) is 0 Å². The number of nitrogens with one attached hydrogen (secondary N) is 1. The number of carbonyl (C=O) groups is 3. The molecule has 2 aromatic carbocycles. The third kappa shape index (κ3) is 5.61. The Bertz CT molecular complexity index is 1030. The SMILES string of the molecule is COc1cccc(OCC(=O)c2ccc3c(c2)N(CC(=O)NCC2CCCO2)C(=O)CO3)c1. The second-order valence-electron chi connectivity index (χ2n) is 7.78. The fourth-order valence-corrected chi connectivity index (χ4v) is 3.70. The Kier molecular flexibility index (Phi) is 7.09. The van der Waals surface area contributed by atoms with Crippen LogP contribution >= 0.6 is 0 Å². The molecule has 1 N–H and O–H groups in total. The zero-order valence-corrected chi connectivity index (χ0v) is 18.4. The van der Waals surface area contributed by atoms with Crippen LogP contribution in [-0.4, -0.2) is 63.7 Å². The lowest BCUT2D eigenvalue weighted by Gasteiger charge is -2.29. The first-order valence-corrected chi connectivity index (χ1v) is 10.8. The summed E-state index contributed by atoms with van der Waals surface area (Å²) in [6.07, 6.45) is 1.90. The average Bonchev–Trinajstić information content (AvgIpc) is 3.36. The molecule has 1 saturated heterocycles. The van der Waals surface area contributed by atoms with Gasteiger partial charge in [-0.1, -0.05) is 6.07 Å². The highest BCUT2D eigenvalue weighted by Gasteiger charge is 2.28. The van der Waals surface area contributed by atoms with Gasteiger partial charge in [0.25, 0.3) is 5.91 Å². The number of fused-ring (bicyclic) bond motifs is 1. The molecule has 0 aromatic heterocycles. The predicted octanol–water partition coefficient (Wildman–Crippen LogP) is 1.98. The number of ketones is 1. The van der Waals surface area contributed by atoms with E-state index in [1.54, 1.807) is 49.6 Å². The number of benzene rings is 2. The van der Waals surface area contributed by atoms with Gasteiger partial charge in [-0.2, -0.15) is 0 Å². The minimum Gasteiger partial charge on any atom is -0.497 e. The van der Waals surface area contributed by atoms with E-state index in [9.17, 15) is 14.4 Å². The zero-order chi connectivity index (χ0) is 23.2. The predicted molar refractivity (Wildman–Crippen MR) is 119 cm³/mol. The summed E-state index contributed by atoms with van der Waals surface area (Å²) in [6, 6.07) is 11.7. The van der Waals surface area contributed by atoms with Crippen LogP contribution in [0.4, 0.5) is 5.69 Å². The van der Waals surface area contributed by atoms with Gasteiger partial charge in [0.15, 0.2) is 19.0 Å². The molecule has 1 fully saturated rings. The van der Waals surface area contributed by atoms with Crippen molar-refractivity contribution in [2.75, 3.05) is 44.9 Å². The minimum absolute atomic E-state index is 0.00966. The second-order valence-corrected chi connectivity index (χ2v) is 7.78. The van der Waals surface area contributed by atoms with Gasteiger partial charge in [0.05, 0.1) is 18.9 Å². The number of ether oxygens (including phenoxy) is 4. The molecule has 0 aliphatic carbocycles. The summed E-state index contributed by atoms with van der Waals surface area (Å²) in [5.41, 5.74) is 0.727. The van der Waals surface area contributed by atoms with Crippen LogP contribution in [0, 0.1) is 0 Å². The van der Waals surface area contributed by atoms with Crippen LogP contribution in [-0.2, 0) is 14.3 Å². The molecule has 9 nitrogen and oxygen atoms in total. The average molecular weight is 454 g/mol. The zero-order valence-electron chi connectivity index (χ0n) is 18.4. The van der Waals surface area contributed by atoms with Gasteiger partial charge < -0.3 is 24.3 Å². The van der Waals surface area contributed by atoms with E-state index in [0.29, 0.717) is 41.7 Å². The maximum absolute atomic E-state index is 12.7. The van der Waals surface area contributed by atoms with Crippen LogP contribution < -0.4 is 24.4 Å². The van der Waals surface area contributed by atoms with Crippen LogP contribution in [0.3, 0.4) is 0 Å². The van der Waals surface area contributed by atoms with Gasteiger partial charge in [0.2, 0.25) is 5.91 Å². The van der Waals surface area contributed by atoms with Crippen LogP contribution in [0.5, 0.6) is 17.2 Å². The highest BCUT2D eigenvalue weighted by atomic mass is 16.5. The third-order valence-electron chi connectivity index (χ3n) is 5.49. The number of carbonyl (C=O) groups excluding carboxylic acids is 3. The number of hydrogen-bond donors (Lipinski definition) is 1. The van der Waals surface area contributed by atoms with Gasteiger partial charge in [0.1, 0.15) is 23.8 Å². The second kappa shape index (κ2) is 10.4. The van der Waals surface area contributed by atoms with Gasteiger partial charge in [0, 0.05) is 24.8 Å². The first-order chi connectivity index (χ1) is 16.0. The molecule has 0 saturated carbocycles. The molecule has 2 amide bonds.